The van der Waals surface area contributed by atoms with E-state index in [-0.39, 0.29) is 5.82 Å². The highest BCUT2D eigenvalue weighted by Crippen LogP contribution is 2.28. The number of nitrogens with one attached hydrogen (secondary N) is 1. The second-order valence-corrected chi connectivity index (χ2v) is 6.52. The lowest BCUT2D eigenvalue weighted by atomic mass is 10.1. The van der Waals surface area contributed by atoms with E-state index < -0.39 is 0 Å². The molecule has 1 saturated carbocycles. The molecule has 20 heavy (non-hydrogen) atoms. The third kappa shape index (κ3) is 3.28. The number of hydrogen-bond donors (Lipinski definition) is 1. The molecule has 1 fully saturated rings. The summed E-state index contributed by atoms with van der Waals surface area (Å²) in [5, 5.41) is 5.50. The summed E-state index contributed by atoms with van der Waals surface area (Å²) in [6.45, 7) is 1.92. The molecule has 0 spiro atoms. The minimum Gasteiger partial charge on any atom is -0.312 e. The van der Waals surface area contributed by atoms with Crippen LogP contribution < -0.4 is 5.32 Å². The van der Waals surface area contributed by atoms with Crippen LogP contribution in [0.5, 0.6) is 0 Å². The van der Waals surface area contributed by atoms with Gasteiger partial charge in [0.15, 0.2) is 0 Å². The van der Waals surface area contributed by atoms with Gasteiger partial charge in [-0.1, -0.05) is 25.0 Å². The van der Waals surface area contributed by atoms with Gasteiger partial charge in [-0.05, 0) is 54.4 Å². The summed E-state index contributed by atoms with van der Waals surface area (Å²) in [6, 6.07) is 9.38. The molecule has 0 unspecified atom stereocenters. The Morgan fingerprint density at radius 1 is 1.20 bits per heavy atom. The summed E-state index contributed by atoms with van der Waals surface area (Å²) in [6.07, 6.45) is 5.48. The van der Waals surface area contributed by atoms with Crippen LogP contribution in [0.3, 0.4) is 0 Å². The molecule has 1 nitrogen and oxygen atoms in total. The first kappa shape index (κ1) is 13.8. The van der Waals surface area contributed by atoms with Crippen molar-refractivity contribution in [3.05, 3.63) is 47.1 Å². The van der Waals surface area contributed by atoms with Gasteiger partial charge < -0.3 is 5.32 Å². The number of benzene rings is 1. The second kappa shape index (κ2) is 6.51. The van der Waals surface area contributed by atoms with Gasteiger partial charge in [0.25, 0.3) is 0 Å². The molecular formula is C17H20FNS. The van der Waals surface area contributed by atoms with Crippen LogP contribution in [0.25, 0.3) is 10.4 Å². The highest BCUT2D eigenvalue weighted by atomic mass is 32.1. The van der Waals surface area contributed by atoms with E-state index in [1.807, 2.05) is 29.6 Å². The molecule has 1 N–H and O–H groups in total. The van der Waals surface area contributed by atoms with Crippen molar-refractivity contribution in [2.45, 2.75) is 32.2 Å². The molecule has 0 aliphatic heterocycles. The Morgan fingerprint density at radius 2 is 2.05 bits per heavy atom. The second-order valence-electron chi connectivity index (χ2n) is 5.57. The predicted octanol–water partition coefficient (Wildman–Crippen LogP) is 4.83. The van der Waals surface area contributed by atoms with Crippen LogP contribution >= 0.6 is 11.3 Å². The Balaban J connectivity index is 1.63. The Bertz CT molecular complexity index is 544. The highest BCUT2D eigenvalue weighted by molar-refractivity contribution is 7.13. The van der Waals surface area contributed by atoms with Gasteiger partial charge in [0.05, 0.1) is 0 Å². The van der Waals surface area contributed by atoms with E-state index in [0.29, 0.717) is 0 Å². The molecule has 0 saturated heterocycles. The number of hydrogen-bond acceptors (Lipinski definition) is 2. The molecule has 3 heteroatoms. The van der Waals surface area contributed by atoms with Gasteiger partial charge in [-0.25, -0.2) is 4.39 Å². The van der Waals surface area contributed by atoms with E-state index in [1.165, 1.54) is 25.7 Å². The maximum atomic E-state index is 13.9. The first-order chi connectivity index (χ1) is 9.83. The topological polar surface area (TPSA) is 12.0 Å². The SMILES string of the molecule is Fc1ccc(CNCC2CCCC2)cc1-c1cccs1. The van der Waals surface area contributed by atoms with Crippen molar-refractivity contribution in [2.75, 3.05) is 6.54 Å². The van der Waals surface area contributed by atoms with Gasteiger partial charge in [0.1, 0.15) is 5.82 Å². The number of thiophene rings is 1. The summed E-state index contributed by atoms with van der Waals surface area (Å²) in [4.78, 5) is 1.00. The monoisotopic (exact) mass is 289 g/mol. The van der Waals surface area contributed by atoms with Gasteiger partial charge in [-0.2, -0.15) is 0 Å². The van der Waals surface area contributed by atoms with E-state index in [0.717, 1.165) is 35.0 Å². The minimum atomic E-state index is -0.132. The zero-order valence-electron chi connectivity index (χ0n) is 11.6. The van der Waals surface area contributed by atoms with Crippen LogP contribution in [0, 0.1) is 11.7 Å². The molecule has 0 radical (unpaired) electrons. The molecule has 1 heterocycles. The van der Waals surface area contributed by atoms with Crippen LogP contribution in [0.2, 0.25) is 0 Å². The van der Waals surface area contributed by atoms with Gasteiger partial charge in [-0.15, -0.1) is 11.3 Å². The summed E-state index contributed by atoms with van der Waals surface area (Å²) < 4.78 is 13.9. The van der Waals surface area contributed by atoms with Crippen LogP contribution in [-0.2, 0) is 6.54 Å². The Morgan fingerprint density at radius 3 is 2.80 bits per heavy atom. The fourth-order valence-electron chi connectivity index (χ4n) is 2.94. The van der Waals surface area contributed by atoms with Gasteiger partial charge in [0, 0.05) is 17.0 Å². The Hall–Kier alpha value is -1.19. The maximum Gasteiger partial charge on any atom is 0.131 e. The molecule has 1 aliphatic rings. The molecular weight excluding hydrogens is 269 g/mol. The third-order valence-corrected chi connectivity index (χ3v) is 4.96. The molecule has 3 rings (SSSR count). The van der Waals surface area contributed by atoms with Gasteiger partial charge in [0.2, 0.25) is 0 Å². The Kier molecular flexibility index (Phi) is 4.48. The Labute approximate surface area is 123 Å². The van der Waals surface area contributed by atoms with Crippen LogP contribution in [0.15, 0.2) is 35.7 Å². The van der Waals surface area contributed by atoms with Crippen molar-refractivity contribution < 1.29 is 4.39 Å². The average molecular weight is 289 g/mol. The van der Waals surface area contributed by atoms with Crippen molar-refractivity contribution in [2.24, 2.45) is 5.92 Å². The minimum absolute atomic E-state index is 0.132. The lowest BCUT2D eigenvalue weighted by molar-refractivity contribution is 0.489. The largest absolute Gasteiger partial charge is 0.312 e. The van der Waals surface area contributed by atoms with Crippen LogP contribution in [0.1, 0.15) is 31.2 Å². The standard InChI is InChI=1S/C17H20FNS/c18-16-8-7-14(10-15(16)17-6-3-9-20-17)12-19-11-13-4-1-2-5-13/h3,6-10,13,19H,1-2,4-5,11-12H2. The molecule has 0 atom stereocenters. The van der Waals surface area contributed by atoms with Crippen molar-refractivity contribution in [1.29, 1.82) is 0 Å². The molecule has 0 bridgehead atoms. The third-order valence-electron chi connectivity index (χ3n) is 4.05. The molecule has 0 amide bonds. The predicted molar refractivity (Wildman–Crippen MR) is 83.4 cm³/mol. The first-order valence-corrected chi connectivity index (χ1v) is 8.24. The van der Waals surface area contributed by atoms with E-state index in [9.17, 15) is 4.39 Å². The molecule has 1 aromatic carbocycles. The summed E-state index contributed by atoms with van der Waals surface area (Å²) in [5.41, 5.74) is 1.88. The lowest BCUT2D eigenvalue weighted by Gasteiger charge is -2.11. The van der Waals surface area contributed by atoms with Gasteiger partial charge in [-0.3, -0.25) is 0 Å². The lowest BCUT2D eigenvalue weighted by Crippen LogP contribution is -2.20. The van der Waals surface area contributed by atoms with Crippen LogP contribution in [-0.4, -0.2) is 6.54 Å². The van der Waals surface area contributed by atoms with Crippen LogP contribution in [0.4, 0.5) is 4.39 Å². The van der Waals surface area contributed by atoms with Gasteiger partial charge >= 0.3 is 0 Å². The van der Waals surface area contributed by atoms with Crippen molar-refractivity contribution in [1.82, 2.24) is 5.32 Å². The molecule has 106 valence electrons. The highest BCUT2D eigenvalue weighted by Gasteiger charge is 2.14. The smallest absolute Gasteiger partial charge is 0.131 e. The summed E-state index contributed by atoms with van der Waals surface area (Å²) >= 11 is 1.58. The fraction of sp³-hybridized carbons (Fsp3) is 0.412. The molecule has 2 aromatic rings. The zero-order valence-corrected chi connectivity index (χ0v) is 12.4. The van der Waals surface area contributed by atoms with Crippen molar-refractivity contribution >= 4 is 11.3 Å². The van der Waals surface area contributed by atoms with E-state index in [1.54, 1.807) is 17.4 Å². The molecule has 1 aromatic heterocycles. The summed E-state index contributed by atoms with van der Waals surface area (Å²) in [5.74, 6) is 0.708. The van der Waals surface area contributed by atoms with Crippen molar-refractivity contribution in [3.63, 3.8) is 0 Å². The van der Waals surface area contributed by atoms with E-state index >= 15 is 0 Å². The zero-order chi connectivity index (χ0) is 13.8. The van der Waals surface area contributed by atoms with E-state index in [4.69, 9.17) is 0 Å². The normalized spacial score (nSPS) is 15.8. The first-order valence-electron chi connectivity index (χ1n) is 7.36. The fourth-order valence-corrected chi connectivity index (χ4v) is 3.68. The van der Waals surface area contributed by atoms with E-state index in [2.05, 4.69) is 5.32 Å². The molecule has 1 aliphatic carbocycles. The summed E-state index contributed by atoms with van der Waals surface area (Å²) in [7, 11) is 0. The average Bonchev–Trinajstić information content (AvgIpc) is 3.13. The number of halogens is 1. The number of rotatable bonds is 5. The van der Waals surface area contributed by atoms with Crippen molar-refractivity contribution in [3.8, 4) is 10.4 Å². The quantitative estimate of drug-likeness (QED) is 0.831. The maximum absolute atomic E-state index is 13.9.